The second kappa shape index (κ2) is 4.96. The highest BCUT2D eigenvalue weighted by Crippen LogP contribution is 2.33. The number of halogens is 1. The Hall–Kier alpha value is -1.59. The Morgan fingerprint density at radius 1 is 1.45 bits per heavy atom. The summed E-state index contributed by atoms with van der Waals surface area (Å²) in [5.41, 5.74) is 3.16. The van der Waals surface area contributed by atoms with E-state index in [1.54, 1.807) is 6.20 Å². The monoisotopic (exact) mass is 319 g/mol. The smallest absolute Gasteiger partial charge is 0.222 e. The van der Waals surface area contributed by atoms with E-state index in [4.69, 9.17) is 11.6 Å². The predicted octanol–water partition coefficient (Wildman–Crippen LogP) is 1.91. The van der Waals surface area contributed by atoms with Gasteiger partial charge in [0.15, 0.2) is 0 Å². The third-order valence-corrected chi connectivity index (χ3v) is 5.18. The molecule has 1 saturated heterocycles. The van der Waals surface area contributed by atoms with Crippen molar-refractivity contribution in [1.29, 1.82) is 0 Å². The predicted molar refractivity (Wildman–Crippen MR) is 83.9 cm³/mol. The molecule has 0 bridgehead atoms. The number of aryl methyl sites for hydroxylation is 1. The maximum atomic E-state index is 12.0. The first-order valence-electron chi connectivity index (χ1n) is 7.67. The van der Waals surface area contributed by atoms with Crippen molar-refractivity contribution >= 4 is 28.5 Å². The normalized spacial score (nSPS) is 25.0. The van der Waals surface area contributed by atoms with Crippen LogP contribution in [0, 0.1) is 6.92 Å². The summed E-state index contributed by atoms with van der Waals surface area (Å²) in [5, 5.41) is 12.2. The fraction of sp³-hybridized carbons (Fsp3) is 0.500. The van der Waals surface area contributed by atoms with Crippen molar-refractivity contribution in [2.45, 2.75) is 44.9 Å². The lowest BCUT2D eigenvalue weighted by Crippen LogP contribution is -2.50. The summed E-state index contributed by atoms with van der Waals surface area (Å²) in [6.45, 7) is 3.29. The second-order valence-electron chi connectivity index (χ2n) is 6.24. The van der Waals surface area contributed by atoms with Gasteiger partial charge in [-0.15, -0.1) is 0 Å². The largest absolute Gasteiger partial charge is 0.389 e. The number of nitrogens with zero attached hydrogens (tertiary/aromatic N) is 3. The maximum absolute atomic E-state index is 12.0. The number of carbonyl (C=O) groups excluding carboxylic acids is 1. The maximum Gasteiger partial charge on any atom is 0.222 e. The van der Waals surface area contributed by atoms with Crippen LogP contribution in [0.1, 0.15) is 24.1 Å². The van der Waals surface area contributed by atoms with Crippen molar-refractivity contribution in [1.82, 2.24) is 14.5 Å². The zero-order valence-corrected chi connectivity index (χ0v) is 13.2. The molecule has 2 aliphatic rings. The van der Waals surface area contributed by atoms with Crippen molar-refractivity contribution in [2.24, 2.45) is 0 Å². The van der Waals surface area contributed by atoms with Gasteiger partial charge in [0.05, 0.1) is 23.7 Å². The van der Waals surface area contributed by atoms with E-state index in [-0.39, 0.29) is 11.9 Å². The number of carbonyl (C=O) groups is 1. The Morgan fingerprint density at radius 3 is 3.00 bits per heavy atom. The number of fused-ring (bicyclic) bond motifs is 3. The third-order valence-electron chi connectivity index (χ3n) is 4.98. The van der Waals surface area contributed by atoms with Crippen LogP contribution in [0.4, 0.5) is 0 Å². The van der Waals surface area contributed by atoms with Crippen LogP contribution in [-0.4, -0.2) is 44.2 Å². The Balaban J connectivity index is 1.79. The molecule has 0 aliphatic carbocycles. The first-order chi connectivity index (χ1) is 10.6. The summed E-state index contributed by atoms with van der Waals surface area (Å²) in [4.78, 5) is 18.3. The van der Waals surface area contributed by atoms with E-state index in [0.29, 0.717) is 24.4 Å². The topological polar surface area (TPSA) is 58.4 Å². The number of likely N-dealkylation sites (tertiary alicyclic amines) is 1. The van der Waals surface area contributed by atoms with Gasteiger partial charge in [-0.3, -0.25) is 4.79 Å². The van der Waals surface area contributed by atoms with Gasteiger partial charge < -0.3 is 14.6 Å². The second-order valence-corrected chi connectivity index (χ2v) is 6.67. The van der Waals surface area contributed by atoms with Crippen LogP contribution in [0.3, 0.4) is 0 Å². The third kappa shape index (κ3) is 1.96. The average Bonchev–Trinajstić information content (AvgIpc) is 3.02. The molecule has 2 atom stereocenters. The standard InChI is InChI=1S/C16H18ClN3O2/c1-9-11-5-10(17)7-18-16(11)20-8-14(21)13(6-12(9)20)19-4-2-3-15(19)22/h5,7,13-14,21H,2-4,6,8H2,1H3. The molecule has 2 aromatic rings. The van der Waals surface area contributed by atoms with E-state index in [0.717, 1.165) is 35.3 Å². The Kier molecular flexibility index (Phi) is 3.16. The molecule has 0 saturated carbocycles. The highest BCUT2D eigenvalue weighted by molar-refractivity contribution is 6.31. The molecular formula is C16H18ClN3O2. The lowest BCUT2D eigenvalue weighted by molar-refractivity contribution is -0.132. The molecule has 0 aromatic carbocycles. The number of amides is 1. The molecule has 2 aromatic heterocycles. The van der Waals surface area contributed by atoms with Gasteiger partial charge in [-0.2, -0.15) is 0 Å². The molecule has 1 amide bonds. The SMILES string of the molecule is Cc1c2n(c3ncc(Cl)cc13)CC(O)C(N1CCCC1=O)C2. The van der Waals surface area contributed by atoms with Crippen LogP contribution in [0.25, 0.3) is 11.0 Å². The van der Waals surface area contributed by atoms with Crippen molar-refractivity contribution in [2.75, 3.05) is 6.54 Å². The summed E-state index contributed by atoms with van der Waals surface area (Å²) in [6.07, 6.45) is 3.25. The summed E-state index contributed by atoms with van der Waals surface area (Å²) in [5.74, 6) is 0.160. The van der Waals surface area contributed by atoms with Crippen LogP contribution < -0.4 is 0 Å². The van der Waals surface area contributed by atoms with Gasteiger partial charge in [-0.1, -0.05) is 11.6 Å². The molecular weight excluding hydrogens is 302 g/mol. The van der Waals surface area contributed by atoms with Crippen LogP contribution in [0.5, 0.6) is 0 Å². The zero-order chi connectivity index (χ0) is 15.4. The lowest BCUT2D eigenvalue weighted by Gasteiger charge is -2.36. The van der Waals surface area contributed by atoms with Crippen molar-refractivity contribution in [3.05, 3.63) is 28.5 Å². The minimum Gasteiger partial charge on any atom is -0.389 e. The summed E-state index contributed by atoms with van der Waals surface area (Å²) < 4.78 is 2.07. The zero-order valence-electron chi connectivity index (χ0n) is 12.4. The minimum atomic E-state index is -0.554. The number of aromatic nitrogens is 2. The minimum absolute atomic E-state index is 0.124. The molecule has 5 nitrogen and oxygen atoms in total. The summed E-state index contributed by atoms with van der Waals surface area (Å²) in [7, 11) is 0. The van der Waals surface area contributed by atoms with Gasteiger partial charge in [0.1, 0.15) is 5.65 Å². The van der Waals surface area contributed by atoms with Crippen LogP contribution in [-0.2, 0) is 17.8 Å². The Morgan fingerprint density at radius 2 is 2.27 bits per heavy atom. The van der Waals surface area contributed by atoms with E-state index < -0.39 is 6.10 Å². The van der Waals surface area contributed by atoms with Gasteiger partial charge in [0.2, 0.25) is 5.91 Å². The van der Waals surface area contributed by atoms with E-state index in [1.165, 1.54) is 0 Å². The van der Waals surface area contributed by atoms with Gasteiger partial charge in [-0.25, -0.2) is 4.98 Å². The van der Waals surface area contributed by atoms with E-state index in [1.807, 2.05) is 11.0 Å². The Bertz CT molecular complexity index is 770. The molecule has 2 unspecified atom stereocenters. The van der Waals surface area contributed by atoms with Gasteiger partial charge in [0.25, 0.3) is 0 Å². The number of aliphatic hydroxyl groups is 1. The molecule has 6 heteroatoms. The van der Waals surface area contributed by atoms with Crippen LogP contribution in [0.2, 0.25) is 5.02 Å². The Labute approximate surface area is 133 Å². The van der Waals surface area contributed by atoms with Crippen molar-refractivity contribution in [3.63, 3.8) is 0 Å². The molecule has 0 radical (unpaired) electrons. The molecule has 22 heavy (non-hydrogen) atoms. The van der Waals surface area contributed by atoms with E-state index >= 15 is 0 Å². The first kappa shape index (κ1) is 14.0. The van der Waals surface area contributed by atoms with Crippen LogP contribution in [0.15, 0.2) is 12.3 Å². The van der Waals surface area contributed by atoms with E-state index in [9.17, 15) is 9.90 Å². The molecule has 1 N–H and O–H groups in total. The van der Waals surface area contributed by atoms with Gasteiger partial charge >= 0.3 is 0 Å². The fourth-order valence-electron chi connectivity index (χ4n) is 3.85. The molecule has 116 valence electrons. The highest BCUT2D eigenvalue weighted by atomic mass is 35.5. The number of hydrogen-bond donors (Lipinski definition) is 1. The van der Waals surface area contributed by atoms with Gasteiger partial charge in [-0.05, 0) is 25.0 Å². The average molecular weight is 320 g/mol. The summed E-state index contributed by atoms with van der Waals surface area (Å²) >= 11 is 6.06. The number of rotatable bonds is 1. The number of hydrogen-bond acceptors (Lipinski definition) is 3. The molecule has 1 fully saturated rings. The van der Waals surface area contributed by atoms with Crippen molar-refractivity contribution < 1.29 is 9.90 Å². The van der Waals surface area contributed by atoms with Gasteiger partial charge in [0, 0.05) is 36.7 Å². The number of aliphatic hydroxyl groups excluding tert-OH is 1. The van der Waals surface area contributed by atoms with Crippen molar-refractivity contribution in [3.8, 4) is 0 Å². The highest BCUT2D eigenvalue weighted by Gasteiger charge is 2.37. The fourth-order valence-corrected chi connectivity index (χ4v) is 4.01. The molecule has 4 heterocycles. The molecule has 4 rings (SSSR count). The molecule has 0 spiro atoms. The van der Waals surface area contributed by atoms with E-state index in [2.05, 4.69) is 16.5 Å². The molecule has 2 aliphatic heterocycles. The quantitative estimate of drug-likeness (QED) is 0.873. The first-order valence-corrected chi connectivity index (χ1v) is 8.05. The van der Waals surface area contributed by atoms with Crippen LogP contribution >= 0.6 is 11.6 Å². The number of pyridine rings is 1. The summed E-state index contributed by atoms with van der Waals surface area (Å²) in [6, 6.07) is 1.80. The lowest BCUT2D eigenvalue weighted by atomic mass is 9.97.